The summed E-state index contributed by atoms with van der Waals surface area (Å²) in [4.78, 5) is 25.7. The highest BCUT2D eigenvalue weighted by Gasteiger charge is 2.31. The molecule has 0 bridgehead atoms. The van der Waals surface area contributed by atoms with Crippen molar-refractivity contribution in [2.75, 3.05) is 20.2 Å². The molecule has 1 aromatic rings. The van der Waals surface area contributed by atoms with E-state index in [-0.39, 0.29) is 18.3 Å². The van der Waals surface area contributed by atoms with Crippen LogP contribution in [0.5, 0.6) is 11.5 Å². The van der Waals surface area contributed by atoms with E-state index in [4.69, 9.17) is 18.9 Å². The summed E-state index contributed by atoms with van der Waals surface area (Å²) in [6, 6.07) is 4.98. The SMILES string of the molecule is COC(=O)c1cc(OC(C)C)cc(O[C@H]2CCN(C(=O)OC(C)(C)C)C2)c1. The van der Waals surface area contributed by atoms with Crippen LogP contribution in [0.2, 0.25) is 0 Å². The van der Waals surface area contributed by atoms with Crippen molar-refractivity contribution in [3.05, 3.63) is 23.8 Å². The molecule has 7 heteroatoms. The van der Waals surface area contributed by atoms with Gasteiger partial charge in [-0.1, -0.05) is 0 Å². The van der Waals surface area contributed by atoms with E-state index in [9.17, 15) is 9.59 Å². The van der Waals surface area contributed by atoms with E-state index in [0.29, 0.717) is 36.6 Å². The van der Waals surface area contributed by atoms with Gasteiger partial charge in [-0.15, -0.1) is 0 Å². The van der Waals surface area contributed by atoms with Gasteiger partial charge in [0.1, 0.15) is 23.2 Å². The summed E-state index contributed by atoms with van der Waals surface area (Å²) in [6.07, 6.45) is 0.111. The second-order valence-electron chi connectivity index (χ2n) is 7.81. The van der Waals surface area contributed by atoms with Gasteiger partial charge in [0.2, 0.25) is 0 Å². The molecule has 0 aliphatic carbocycles. The third-order valence-electron chi connectivity index (χ3n) is 3.77. The first-order chi connectivity index (χ1) is 12.6. The van der Waals surface area contributed by atoms with Gasteiger partial charge < -0.3 is 23.8 Å². The zero-order valence-electron chi connectivity index (χ0n) is 16.9. The number of carbonyl (C=O) groups excluding carboxylic acids is 2. The van der Waals surface area contributed by atoms with Crippen LogP contribution in [0.3, 0.4) is 0 Å². The minimum Gasteiger partial charge on any atom is -0.491 e. The Kier molecular flexibility index (Phi) is 6.57. The predicted octanol–water partition coefficient (Wildman–Crippen LogP) is 3.65. The van der Waals surface area contributed by atoms with Gasteiger partial charge >= 0.3 is 12.1 Å². The number of methoxy groups -OCH3 is 1. The third-order valence-corrected chi connectivity index (χ3v) is 3.77. The standard InChI is InChI=1S/C20H29NO6/c1-13(2)25-16-9-14(18(22)24-6)10-17(11-16)26-15-7-8-21(12-15)19(23)27-20(3,4)5/h9-11,13,15H,7-8,12H2,1-6H3/t15-/m0/s1. The van der Waals surface area contributed by atoms with Gasteiger partial charge in [-0.2, -0.15) is 0 Å². The van der Waals surface area contributed by atoms with Crippen LogP contribution in [0.1, 0.15) is 51.4 Å². The predicted molar refractivity (Wildman–Crippen MR) is 100 cm³/mol. The van der Waals surface area contributed by atoms with E-state index in [0.717, 1.165) is 0 Å². The summed E-state index contributed by atoms with van der Waals surface area (Å²) in [7, 11) is 1.33. The lowest BCUT2D eigenvalue weighted by Crippen LogP contribution is -2.36. The van der Waals surface area contributed by atoms with E-state index in [1.807, 2.05) is 34.6 Å². The maximum atomic E-state index is 12.2. The van der Waals surface area contributed by atoms with E-state index >= 15 is 0 Å². The average molecular weight is 379 g/mol. The molecule has 1 aromatic carbocycles. The number of amides is 1. The molecule has 27 heavy (non-hydrogen) atoms. The number of carbonyl (C=O) groups is 2. The summed E-state index contributed by atoms with van der Waals surface area (Å²) < 4.78 is 21.9. The molecule has 1 aliphatic rings. The van der Waals surface area contributed by atoms with Crippen LogP contribution in [0.25, 0.3) is 0 Å². The molecular weight excluding hydrogens is 350 g/mol. The number of hydrogen-bond acceptors (Lipinski definition) is 6. The molecule has 1 saturated heterocycles. The Morgan fingerprint density at radius 2 is 1.81 bits per heavy atom. The van der Waals surface area contributed by atoms with Crippen LogP contribution in [0.15, 0.2) is 18.2 Å². The lowest BCUT2D eigenvalue weighted by molar-refractivity contribution is 0.0275. The largest absolute Gasteiger partial charge is 0.491 e. The van der Waals surface area contributed by atoms with Crippen LogP contribution in [0.4, 0.5) is 4.79 Å². The molecule has 1 fully saturated rings. The number of hydrogen-bond donors (Lipinski definition) is 0. The van der Waals surface area contributed by atoms with Gasteiger partial charge in [-0.3, -0.25) is 0 Å². The van der Waals surface area contributed by atoms with Crippen molar-refractivity contribution in [2.45, 2.75) is 58.8 Å². The molecule has 0 radical (unpaired) electrons. The van der Waals surface area contributed by atoms with Gasteiger partial charge in [0.25, 0.3) is 0 Å². The highest BCUT2D eigenvalue weighted by atomic mass is 16.6. The number of nitrogens with zero attached hydrogens (tertiary/aromatic N) is 1. The summed E-state index contributed by atoms with van der Waals surface area (Å²) in [5.41, 5.74) is -0.179. The van der Waals surface area contributed by atoms with Crippen LogP contribution >= 0.6 is 0 Å². The zero-order valence-corrected chi connectivity index (χ0v) is 16.9. The maximum absolute atomic E-state index is 12.2. The highest BCUT2D eigenvalue weighted by Crippen LogP contribution is 2.27. The van der Waals surface area contributed by atoms with Crippen molar-refractivity contribution >= 4 is 12.1 Å². The van der Waals surface area contributed by atoms with Crippen molar-refractivity contribution < 1.29 is 28.5 Å². The topological polar surface area (TPSA) is 74.3 Å². The molecule has 1 heterocycles. The summed E-state index contributed by atoms with van der Waals surface area (Å²) in [5.74, 6) is 0.574. The van der Waals surface area contributed by atoms with E-state index in [1.165, 1.54) is 7.11 Å². The molecule has 1 amide bonds. The maximum Gasteiger partial charge on any atom is 0.410 e. The number of ether oxygens (including phenoxy) is 4. The van der Waals surface area contributed by atoms with Gasteiger partial charge in [0.05, 0.1) is 25.3 Å². The Hall–Kier alpha value is -2.44. The first-order valence-electron chi connectivity index (χ1n) is 9.12. The third kappa shape index (κ3) is 6.34. The Morgan fingerprint density at radius 1 is 1.15 bits per heavy atom. The Morgan fingerprint density at radius 3 is 2.41 bits per heavy atom. The van der Waals surface area contributed by atoms with Gasteiger partial charge in [0, 0.05) is 19.0 Å². The van der Waals surface area contributed by atoms with Crippen molar-refractivity contribution in [3.8, 4) is 11.5 Å². The molecule has 0 N–H and O–H groups in total. The lowest BCUT2D eigenvalue weighted by atomic mass is 10.2. The van der Waals surface area contributed by atoms with Gasteiger partial charge in [0.15, 0.2) is 0 Å². The lowest BCUT2D eigenvalue weighted by Gasteiger charge is -2.24. The Bertz CT molecular complexity index is 680. The number of esters is 1. The van der Waals surface area contributed by atoms with Crippen LogP contribution in [-0.4, -0.2) is 55.0 Å². The zero-order chi connectivity index (χ0) is 20.2. The minimum absolute atomic E-state index is 0.0418. The van der Waals surface area contributed by atoms with Crippen molar-refractivity contribution in [3.63, 3.8) is 0 Å². The Balaban J connectivity index is 2.08. The number of rotatable bonds is 5. The molecule has 150 valence electrons. The second-order valence-corrected chi connectivity index (χ2v) is 7.81. The average Bonchev–Trinajstić information content (AvgIpc) is 3.00. The molecule has 0 spiro atoms. The van der Waals surface area contributed by atoms with Crippen molar-refractivity contribution in [1.82, 2.24) is 4.90 Å². The fourth-order valence-electron chi connectivity index (χ4n) is 2.72. The quantitative estimate of drug-likeness (QED) is 0.727. The smallest absolute Gasteiger partial charge is 0.410 e. The fourth-order valence-corrected chi connectivity index (χ4v) is 2.72. The fraction of sp³-hybridized carbons (Fsp3) is 0.600. The first kappa shape index (κ1) is 20.9. The normalized spacial score (nSPS) is 17.0. The summed E-state index contributed by atoms with van der Waals surface area (Å²) >= 11 is 0. The summed E-state index contributed by atoms with van der Waals surface area (Å²) in [5, 5.41) is 0. The molecule has 1 aliphatic heterocycles. The number of benzene rings is 1. The molecule has 0 unspecified atom stereocenters. The molecule has 1 atom stereocenters. The van der Waals surface area contributed by atoms with E-state index in [2.05, 4.69) is 0 Å². The second kappa shape index (κ2) is 8.50. The van der Waals surface area contributed by atoms with E-state index in [1.54, 1.807) is 23.1 Å². The molecule has 0 saturated carbocycles. The van der Waals surface area contributed by atoms with Gasteiger partial charge in [-0.25, -0.2) is 9.59 Å². The van der Waals surface area contributed by atoms with Crippen molar-refractivity contribution in [1.29, 1.82) is 0 Å². The summed E-state index contributed by atoms with van der Waals surface area (Å²) in [6.45, 7) is 10.3. The minimum atomic E-state index is -0.534. The van der Waals surface area contributed by atoms with E-state index < -0.39 is 11.6 Å². The molecular formula is C20H29NO6. The first-order valence-corrected chi connectivity index (χ1v) is 9.12. The van der Waals surface area contributed by atoms with Crippen LogP contribution < -0.4 is 9.47 Å². The number of likely N-dealkylation sites (tertiary alicyclic amines) is 1. The molecule has 0 aromatic heterocycles. The van der Waals surface area contributed by atoms with Crippen LogP contribution in [0, 0.1) is 0 Å². The monoisotopic (exact) mass is 379 g/mol. The van der Waals surface area contributed by atoms with Crippen LogP contribution in [-0.2, 0) is 9.47 Å². The molecule has 2 rings (SSSR count). The van der Waals surface area contributed by atoms with Crippen molar-refractivity contribution in [2.24, 2.45) is 0 Å². The Labute approximate surface area is 160 Å². The molecule has 7 nitrogen and oxygen atoms in total. The van der Waals surface area contributed by atoms with Gasteiger partial charge in [-0.05, 0) is 46.8 Å². The highest BCUT2D eigenvalue weighted by molar-refractivity contribution is 5.90.